The second-order valence-corrected chi connectivity index (χ2v) is 4.95. The predicted molar refractivity (Wildman–Crippen MR) is 72.2 cm³/mol. The summed E-state index contributed by atoms with van der Waals surface area (Å²) in [6.07, 6.45) is 2.08. The lowest BCUT2D eigenvalue weighted by molar-refractivity contribution is 0.309. The highest BCUT2D eigenvalue weighted by atomic mass is 32.2. The quantitative estimate of drug-likeness (QED) is 0.789. The van der Waals surface area contributed by atoms with E-state index in [1.807, 2.05) is 12.1 Å². The number of benzene rings is 1. The van der Waals surface area contributed by atoms with E-state index in [1.54, 1.807) is 11.8 Å². The molecule has 1 atom stereocenters. The molecule has 0 amide bonds. The summed E-state index contributed by atoms with van der Waals surface area (Å²) < 4.78 is 11.3. The summed E-state index contributed by atoms with van der Waals surface area (Å²) in [5.74, 6) is 2.87. The van der Waals surface area contributed by atoms with E-state index < -0.39 is 0 Å². The Labute approximate surface area is 107 Å². The minimum Gasteiger partial charge on any atom is -0.493 e. The van der Waals surface area contributed by atoms with Crippen molar-refractivity contribution in [3.8, 4) is 11.5 Å². The number of fused-ring (bicyclic) bond motifs is 1. The van der Waals surface area contributed by atoms with Crippen LogP contribution in [0.2, 0.25) is 0 Å². The van der Waals surface area contributed by atoms with E-state index in [9.17, 15) is 0 Å². The SMILES string of the molecule is CCNC1COc2cc(OCCSC)ccc21. The van der Waals surface area contributed by atoms with E-state index in [-0.39, 0.29) is 0 Å². The number of rotatable bonds is 6. The van der Waals surface area contributed by atoms with Crippen LogP contribution in [0.5, 0.6) is 11.5 Å². The molecule has 0 aliphatic carbocycles. The van der Waals surface area contributed by atoms with Gasteiger partial charge < -0.3 is 14.8 Å². The first kappa shape index (κ1) is 12.6. The normalized spacial score (nSPS) is 17.6. The van der Waals surface area contributed by atoms with Gasteiger partial charge in [-0.05, 0) is 24.9 Å². The number of likely N-dealkylation sites (N-methyl/N-ethyl adjacent to an activating group) is 1. The fourth-order valence-electron chi connectivity index (χ4n) is 1.94. The Morgan fingerprint density at radius 3 is 3.18 bits per heavy atom. The van der Waals surface area contributed by atoms with Crippen LogP contribution in [0, 0.1) is 0 Å². The Bertz CT molecular complexity index is 370. The maximum absolute atomic E-state index is 5.66. The number of ether oxygens (including phenoxy) is 2. The third-order valence-corrected chi connectivity index (χ3v) is 3.35. The second-order valence-electron chi connectivity index (χ2n) is 3.96. The van der Waals surface area contributed by atoms with E-state index in [0.29, 0.717) is 6.04 Å². The van der Waals surface area contributed by atoms with Gasteiger partial charge in [-0.3, -0.25) is 0 Å². The number of nitrogens with one attached hydrogen (secondary N) is 1. The van der Waals surface area contributed by atoms with Crippen LogP contribution in [0.4, 0.5) is 0 Å². The topological polar surface area (TPSA) is 30.5 Å². The lowest BCUT2D eigenvalue weighted by Crippen LogP contribution is -2.21. The van der Waals surface area contributed by atoms with E-state index in [0.717, 1.165) is 37.0 Å². The van der Waals surface area contributed by atoms with Crippen LogP contribution in [0.15, 0.2) is 18.2 Å². The third kappa shape index (κ3) is 3.07. The summed E-state index contributed by atoms with van der Waals surface area (Å²) in [5.41, 5.74) is 1.24. The largest absolute Gasteiger partial charge is 0.493 e. The summed E-state index contributed by atoms with van der Waals surface area (Å²) in [4.78, 5) is 0. The fraction of sp³-hybridized carbons (Fsp3) is 0.538. The van der Waals surface area contributed by atoms with Crippen molar-refractivity contribution in [1.82, 2.24) is 5.32 Å². The Balaban J connectivity index is 2.01. The van der Waals surface area contributed by atoms with Crippen LogP contribution in [0.3, 0.4) is 0 Å². The molecule has 1 N–H and O–H groups in total. The molecule has 1 aromatic rings. The zero-order chi connectivity index (χ0) is 12.1. The first-order valence-corrected chi connectivity index (χ1v) is 7.36. The molecule has 1 aliphatic rings. The van der Waals surface area contributed by atoms with Gasteiger partial charge in [-0.1, -0.05) is 6.92 Å². The molecule has 0 bridgehead atoms. The van der Waals surface area contributed by atoms with Crippen LogP contribution in [0.25, 0.3) is 0 Å². The lowest BCUT2D eigenvalue weighted by Gasteiger charge is -2.10. The van der Waals surface area contributed by atoms with Crippen LogP contribution in [0.1, 0.15) is 18.5 Å². The van der Waals surface area contributed by atoms with Gasteiger partial charge in [-0.15, -0.1) is 0 Å². The molecule has 0 saturated carbocycles. The van der Waals surface area contributed by atoms with Gasteiger partial charge in [0.2, 0.25) is 0 Å². The number of thioether (sulfide) groups is 1. The highest BCUT2D eigenvalue weighted by molar-refractivity contribution is 7.98. The van der Waals surface area contributed by atoms with Gasteiger partial charge in [0, 0.05) is 17.4 Å². The molecule has 4 heteroatoms. The van der Waals surface area contributed by atoms with Crippen molar-refractivity contribution in [2.24, 2.45) is 0 Å². The van der Waals surface area contributed by atoms with Crippen molar-refractivity contribution in [2.75, 3.05) is 31.8 Å². The molecular weight excluding hydrogens is 234 g/mol. The molecule has 94 valence electrons. The molecule has 0 saturated heterocycles. The summed E-state index contributed by atoms with van der Waals surface area (Å²) in [5, 5.41) is 3.40. The molecule has 0 radical (unpaired) electrons. The molecule has 3 nitrogen and oxygen atoms in total. The van der Waals surface area contributed by atoms with Gasteiger partial charge >= 0.3 is 0 Å². The minimum atomic E-state index is 0.329. The summed E-state index contributed by atoms with van der Waals surface area (Å²) in [7, 11) is 0. The molecule has 0 aromatic heterocycles. The minimum absolute atomic E-state index is 0.329. The molecular formula is C13H19NO2S. The first-order chi connectivity index (χ1) is 8.35. The van der Waals surface area contributed by atoms with Crippen molar-refractivity contribution in [3.05, 3.63) is 23.8 Å². The fourth-order valence-corrected chi connectivity index (χ4v) is 2.19. The molecule has 17 heavy (non-hydrogen) atoms. The monoisotopic (exact) mass is 253 g/mol. The Morgan fingerprint density at radius 2 is 2.41 bits per heavy atom. The zero-order valence-electron chi connectivity index (χ0n) is 10.4. The lowest BCUT2D eigenvalue weighted by atomic mass is 10.1. The maximum Gasteiger partial charge on any atom is 0.127 e. The second kappa shape index (κ2) is 6.17. The average Bonchev–Trinajstić information content (AvgIpc) is 2.73. The van der Waals surface area contributed by atoms with E-state index in [1.165, 1.54) is 5.56 Å². The van der Waals surface area contributed by atoms with E-state index in [2.05, 4.69) is 24.6 Å². The first-order valence-electron chi connectivity index (χ1n) is 5.97. The van der Waals surface area contributed by atoms with Crippen molar-refractivity contribution < 1.29 is 9.47 Å². The Kier molecular flexibility index (Phi) is 4.57. The molecule has 2 rings (SSSR count). The van der Waals surface area contributed by atoms with Crippen molar-refractivity contribution in [3.63, 3.8) is 0 Å². The van der Waals surface area contributed by atoms with Crippen LogP contribution in [-0.4, -0.2) is 31.8 Å². The van der Waals surface area contributed by atoms with E-state index in [4.69, 9.17) is 9.47 Å². The molecule has 1 heterocycles. The summed E-state index contributed by atoms with van der Waals surface area (Å²) >= 11 is 1.79. The number of hydrogen-bond acceptors (Lipinski definition) is 4. The Morgan fingerprint density at radius 1 is 1.53 bits per heavy atom. The molecule has 1 aromatic carbocycles. The highest BCUT2D eigenvalue weighted by Gasteiger charge is 2.23. The zero-order valence-corrected chi connectivity index (χ0v) is 11.2. The molecule has 0 fully saturated rings. The summed E-state index contributed by atoms with van der Waals surface area (Å²) in [6, 6.07) is 6.45. The van der Waals surface area contributed by atoms with Gasteiger partial charge in [0.15, 0.2) is 0 Å². The van der Waals surface area contributed by atoms with Gasteiger partial charge in [0.05, 0.1) is 12.6 Å². The molecule has 1 unspecified atom stereocenters. The van der Waals surface area contributed by atoms with Crippen molar-refractivity contribution >= 4 is 11.8 Å². The summed E-state index contributed by atoms with van der Waals surface area (Å²) in [6.45, 7) is 4.53. The Hall–Kier alpha value is -0.870. The van der Waals surface area contributed by atoms with Gasteiger partial charge in [0.1, 0.15) is 18.1 Å². The van der Waals surface area contributed by atoms with Crippen LogP contribution < -0.4 is 14.8 Å². The van der Waals surface area contributed by atoms with Crippen LogP contribution >= 0.6 is 11.8 Å². The van der Waals surface area contributed by atoms with Crippen LogP contribution in [-0.2, 0) is 0 Å². The van der Waals surface area contributed by atoms with Gasteiger partial charge in [0.25, 0.3) is 0 Å². The smallest absolute Gasteiger partial charge is 0.127 e. The van der Waals surface area contributed by atoms with Gasteiger partial charge in [-0.25, -0.2) is 0 Å². The standard InChI is InChI=1S/C13H19NO2S/c1-3-14-12-9-16-13-8-10(4-5-11(12)13)15-6-7-17-2/h4-5,8,12,14H,3,6-7,9H2,1-2H3. The van der Waals surface area contributed by atoms with Gasteiger partial charge in [-0.2, -0.15) is 11.8 Å². The predicted octanol–water partition coefficient (Wildman–Crippen LogP) is 2.47. The third-order valence-electron chi connectivity index (χ3n) is 2.77. The molecule has 0 spiro atoms. The molecule has 1 aliphatic heterocycles. The number of hydrogen-bond donors (Lipinski definition) is 1. The maximum atomic E-state index is 5.66. The van der Waals surface area contributed by atoms with E-state index >= 15 is 0 Å². The van der Waals surface area contributed by atoms with Crippen molar-refractivity contribution in [2.45, 2.75) is 13.0 Å². The average molecular weight is 253 g/mol. The van der Waals surface area contributed by atoms with Crippen molar-refractivity contribution in [1.29, 1.82) is 0 Å². The highest BCUT2D eigenvalue weighted by Crippen LogP contribution is 2.35.